The van der Waals surface area contributed by atoms with E-state index in [2.05, 4.69) is 6.07 Å². The summed E-state index contributed by atoms with van der Waals surface area (Å²) in [5, 5.41) is 8.91. The van der Waals surface area contributed by atoms with Crippen LogP contribution in [0.3, 0.4) is 0 Å². The lowest BCUT2D eigenvalue weighted by atomic mass is 10.0. The summed E-state index contributed by atoms with van der Waals surface area (Å²) in [7, 11) is 0. The van der Waals surface area contributed by atoms with Crippen molar-refractivity contribution in [2.75, 3.05) is 0 Å². The second kappa shape index (κ2) is 3.74. The predicted octanol–water partition coefficient (Wildman–Crippen LogP) is 2.11. The lowest BCUT2D eigenvalue weighted by Gasteiger charge is -2.11. The first kappa shape index (κ1) is 9.72. The zero-order valence-electron chi connectivity index (χ0n) is 8.49. The first-order valence-electron chi connectivity index (χ1n) is 4.91. The molecule has 0 bridgehead atoms. The van der Waals surface area contributed by atoms with Crippen LogP contribution < -0.4 is 0 Å². The van der Waals surface area contributed by atoms with Crippen molar-refractivity contribution in [2.24, 2.45) is 0 Å². The van der Waals surface area contributed by atoms with Crippen LogP contribution in [0.25, 0.3) is 0 Å². The summed E-state index contributed by atoms with van der Waals surface area (Å²) >= 11 is 0. The molecule has 0 heterocycles. The Bertz CT molecular complexity index is 445. The number of benzene rings is 1. The minimum atomic E-state index is -0.268. The molecule has 0 saturated heterocycles. The zero-order valence-corrected chi connectivity index (χ0v) is 8.49. The van der Waals surface area contributed by atoms with Gasteiger partial charge in [0, 0.05) is 6.92 Å². The van der Waals surface area contributed by atoms with E-state index in [-0.39, 0.29) is 12.1 Å². The maximum atomic E-state index is 10.9. The Hall–Kier alpha value is -1.82. The van der Waals surface area contributed by atoms with Gasteiger partial charge >= 0.3 is 5.97 Å². The summed E-state index contributed by atoms with van der Waals surface area (Å²) in [5.74, 6) is -0.268. The van der Waals surface area contributed by atoms with Gasteiger partial charge in [-0.1, -0.05) is 12.1 Å². The quantitative estimate of drug-likeness (QED) is 0.654. The fraction of sp³-hybridized carbons (Fsp3) is 0.333. The maximum absolute atomic E-state index is 10.9. The van der Waals surface area contributed by atoms with Crippen molar-refractivity contribution >= 4 is 5.97 Å². The number of hydrogen-bond donors (Lipinski definition) is 0. The van der Waals surface area contributed by atoms with E-state index in [0.717, 1.165) is 24.0 Å². The van der Waals surface area contributed by atoms with Gasteiger partial charge in [-0.15, -0.1) is 0 Å². The van der Waals surface area contributed by atoms with E-state index in [1.165, 1.54) is 6.92 Å². The molecule has 0 aliphatic heterocycles. The fourth-order valence-corrected chi connectivity index (χ4v) is 2.04. The SMILES string of the molecule is CC(=O)OC1CCc2c(C#N)cccc21. The molecule has 1 aromatic carbocycles. The van der Waals surface area contributed by atoms with Crippen molar-refractivity contribution in [1.82, 2.24) is 0 Å². The molecule has 0 saturated carbocycles. The normalized spacial score (nSPS) is 18.0. The van der Waals surface area contributed by atoms with Gasteiger partial charge in [0.1, 0.15) is 6.10 Å². The molecule has 0 amide bonds. The molecule has 1 aliphatic rings. The highest BCUT2D eigenvalue weighted by Crippen LogP contribution is 2.35. The molecule has 0 radical (unpaired) electrons. The van der Waals surface area contributed by atoms with Crippen molar-refractivity contribution in [3.8, 4) is 6.07 Å². The molecule has 76 valence electrons. The first-order chi connectivity index (χ1) is 7.22. The third kappa shape index (κ3) is 1.71. The fourth-order valence-electron chi connectivity index (χ4n) is 2.04. The molecule has 1 unspecified atom stereocenters. The van der Waals surface area contributed by atoms with Crippen molar-refractivity contribution in [3.63, 3.8) is 0 Å². The van der Waals surface area contributed by atoms with E-state index in [1.807, 2.05) is 12.1 Å². The van der Waals surface area contributed by atoms with Crippen LogP contribution in [0.4, 0.5) is 0 Å². The molecule has 15 heavy (non-hydrogen) atoms. The van der Waals surface area contributed by atoms with Crippen molar-refractivity contribution in [2.45, 2.75) is 25.9 Å². The molecular weight excluding hydrogens is 190 g/mol. The highest BCUT2D eigenvalue weighted by molar-refractivity contribution is 5.66. The molecular formula is C12H11NO2. The summed E-state index contributed by atoms with van der Waals surface area (Å²) < 4.78 is 5.19. The van der Waals surface area contributed by atoms with Crippen molar-refractivity contribution in [3.05, 3.63) is 34.9 Å². The predicted molar refractivity (Wildman–Crippen MR) is 54.0 cm³/mol. The molecule has 2 rings (SSSR count). The van der Waals surface area contributed by atoms with E-state index in [0.29, 0.717) is 5.56 Å². The molecule has 1 aliphatic carbocycles. The van der Waals surface area contributed by atoms with Gasteiger partial charge in [-0.3, -0.25) is 4.79 Å². The number of carbonyl (C=O) groups excluding carboxylic acids is 1. The van der Waals surface area contributed by atoms with Gasteiger partial charge in [-0.2, -0.15) is 5.26 Å². The number of hydrogen-bond acceptors (Lipinski definition) is 3. The number of nitrogens with zero attached hydrogens (tertiary/aromatic N) is 1. The lowest BCUT2D eigenvalue weighted by molar-refractivity contribution is -0.146. The van der Waals surface area contributed by atoms with Gasteiger partial charge in [-0.05, 0) is 30.0 Å². The van der Waals surface area contributed by atoms with E-state index in [4.69, 9.17) is 10.00 Å². The maximum Gasteiger partial charge on any atom is 0.303 e. The second-order valence-electron chi connectivity index (χ2n) is 3.62. The summed E-state index contributed by atoms with van der Waals surface area (Å²) in [5.41, 5.74) is 2.72. The van der Waals surface area contributed by atoms with E-state index >= 15 is 0 Å². The van der Waals surface area contributed by atoms with Crippen LogP contribution in [0, 0.1) is 11.3 Å². The first-order valence-corrected chi connectivity index (χ1v) is 4.91. The standard InChI is InChI=1S/C12H11NO2/c1-8(14)15-12-6-5-10-9(7-13)3-2-4-11(10)12/h2-4,12H,5-6H2,1H3. The molecule has 3 heteroatoms. The van der Waals surface area contributed by atoms with Crippen LogP contribution in [0.5, 0.6) is 0 Å². The molecule has 1 atom stereocenters. The van der Waals surface area contributed by atoms with Gasteiger partial charge in [0.2, 0.25) is 0 Å². The van der Waals surface area contributed by atoms with Crippen molar-refractivity contribution in [1.29, 1.82) is 5.26 Å². The van der Waals surface area contributed by atoms with Crippen LogP contribution >= 0.6 is 0 Å². The summed E-state index contributed by atoms with van der Waals surface area (Å²) in [6, 6.07) is 7.72. The Morgan fingerprint density at radius 1 is 1.60 bits per heavy atom. The monoisotopic (exact) mass is 201 g/mol. The van der Waals surface area contributed by atoms with Gasteiger partial charge in [0.05, 0.1) is 11.6 Å². The highest BCUT2D eigenvalue weighted by Gasteiger charge is 2.26. The summed E-state index contributed by atoms with van der Waals surface area (Å²) in [6.07, 6.45) is 1.44. The molecule has 0 spiro atoms. The van der Waals surface area contributed by atoms with E-state index < -0.39 is 0 Å². The minimum Gasteiger partial charge on any atom is -0.458 e. The molecule has 0 N–H and O–H groups in total. The van der Waals surface area contributed by atoms with Gasteiger partial charge in [0.15, 0.2) is 0 Å². The lowest BCUT2D eigenvalue weighted by Crippen LogP contribution is -2.05. The summed E-state index contributed by atoms with van der Waals surface area (Å²) in [4.78, 5) is 10.9. The largest absolute Gasteiger partial charge is 0.458 e. The molecule has 1 aromatic rings. The Balaban J connectivity index is 2.36. The van der Waals surface area contributed by atoms with Crippen LogP contribution in [0.2, 0.25) is 0 Å². The average Bonchev–Trinajstić information content (AvgIpc) is 2.61. The van der Waals surface area contributed by atoms with Crippen LogP contribution in [-0.2, 0) is 16.0 Å². The Morgan fingerprint density at radius 3 is 3.07 bits per heavy atom. The molecule has 3 nitrogen and oxygen atoms in total. The van der Waals surface area contributed by atoms with Crippen LogP contribution in [-0.4, -0.2) is 5.97 Å². The van der Waals surface area contributed by atoms with Crippen LogP contribution in [0.1, 0.15) is 36.1 Å². The third-order valence-electron chi connectivity index (χ3n) is 2.64. The Morgan fingerprint density at radius 2 is 2.40 bits per heavy atom. The van der Waals surface area contributed by atoms with Crippen molar-refractivity contribution < 1.29 is 9.53 Å². The highest BCUT2D eigenvalue weighted by atomic mass is 16.5. The number of nitriles is 1. The number of fused-ring (bicyclic) bond motifs is 1. The third-order valence-corrected chi connectivity index (χ3v) is 2.64. The molecule has 0 aromatic heterocycles. The van der Waals surface area contributed by atoms with E-state index in [9.17, 15) is 4.79 Å². The van der Waals surface area contributed by atoms with E-state index in [1.54, 1.807) is 6.07 Å². The topological polar surface area (TPSA) is 50.1 Å². The minimum absolute atomic E-state index is 0.161. The summed E-state index contributed by atoms with van der Waals surface area (Å²) in [6.45, 7) is 1.41. The Kier molecular flexibility index (Phi) is 2.42. The Labute approximate surface area is 88.3 Å². The average molecular weight is 201 g/mol. The van der Waals surface area contributed by atoms with Crippen LogP contribution in [0.15, 0.2) is 18.2 Å². The number of rotatable bonds is 1. The number of ether oxygens (including phenoxy) is 1. The molecule has 0 fully saturated rings. The smallest absolute Gasteiger partial charge is 0.303 e. The number of carbonyl (C=O) groups is 1. The number of esters is 1. The van der Waals surface area contributed by atoms with Gasteiger partial charge < -0.3 is 4.74 Å². The van der Waals surface area contributed by atoms with Gasteiger partial charge in [0.25, 0.3) is 0 Å². The van der Waals surface area contributed by atoms with Gasteiger partial charge in [-0.25, -0.2) is 0 Å². The zero-order chi connectivity index (χ0) is 10.8. The second-order valence-corrected chi connectivity index (χ2v) is 3.62.